The molecule has 0 aromatic carbocycles. The van der Waals surface area contributed by atoms with Gasteiger partial charge in [0.1, 0.15) is 0 Å². The summed E-state index contributed by atoms with van der Waals surface area (Å²) in [5, 5.41) is 16.5. The van der Waals surface area contributed by atoms with Crippen LogP contribution in [-0.2, 0) is 4.79 Å². The molecule has 0 aromatic rings. The third-order valence-corrected chi connectivity index (χ3v) is 3.97. The molecule has 19 heavy (non-hydrogen) atoms. The van der Waals surface area contributed by atoms with Crippen molar-refractivity contribution in [1.82, 2.24) is 10.6 Å². The van der Waals surface area contributed by atoms with Crippen LogP contribution in [0.3, 0.4) is 0 Å². The lowest BCUT2D eigenvalue weighted by atomic mass is 9.71. The van der Waals surface area contributed by atoms with Gasteiger partial charge in [0.2, 0.25) is 5.91 Å². The summed E-state index contributed by atoms with van der Waals surface area (Å²) in [5.74, 6) is 0.0688. The molecule has 112 valence electrons. The lowest BCUT2D eigenvalue weighted by Gasteiger charge is -2.40. The average Bonchev–Trinajstić information content (AvgIpc) is 2.29. The Morgan fingerprint density at radius 1 is 1.21 bits per heavy atom. The molecule has 0 unspecified atom stereocenters. The van der Waals surface area contributed by atoms with Gasteiger partial charge in [0.25, 0.3) is 0 Å². The van der Waals surface area contributed by atoms with Crippen LogP contribution in [0.4, 0.5) is 0 Å². The van der Waals surface area contributed by atoms with E-state index in [0.717, 1.165) is 25.7 Å². The van der Waals surface area contributed by atoms with Crippen LogP contribution in [0.25, 0.3) is 0 Å². The maximum atomic E-state index is 11.5. The second-order valence-corrected chi connectivity index (χ2v) is 7.04. The summed E-state index contributed by atoms with van der Waals surface area (Å²) in [4.78, 5) is 11.5. The monoisotopic (exact) mass is 270 g/mol. The van der Waals surface area contributed by atoms with Crippen molar-refractivity contribution >= 4 is 5.91 Å². The van der Waals surface area contributed by atoms with E-state index in [4.69, 9.17) is 0 Å². The van der Waals surface area contributed by atoms with E-state index in [1.807, 2.05) is 13.8 Å². The number of hydrogen-bond donors (Lipinski definition) is 3. The Balaban J connectivity index is 2.17. The smallest absolute Gasteiger partial charge is 0.221 e. The molecule has 0 radical (unpaired) electrons. The maximum absolute atomic E-state index is 11.5. The second kappa shape index (κ2) is 6.71. The molecule has 0 aromatic heterocycles. The highest BCUT2D eigenvalue weighted by Gasteiger charge is 2.36. The van der Waals surface area contributed by atoms with E-state index >= 15 is 0 Å². The molecule has 4 heteroatoms. The van der Waals surface area contributed by atoms with Crippen molar-refractivity contribution in [3.05, 3.63) is 0 Å². The van der Waals surface area contributed by atoms with E-state index in [2.05, 4.69) is 24.5 Å². The van der Waals surface area contributed by atoms with Gasteiger partial charge in [-0.25, -0.2) is 0 Å². The Kier molecular flexibility index (Phi) is 5.81. The molecule has 0 spiro atoms. The first-order chi connectivity index (χ1) is 8.72. The molecule has 0 heterocycles. The van der Waals surface area contributed by atoms with E-state index in [9.17, 15) is 9.90 Å². The lowest BCUT2D eigenvalue weighted by molar-refractivity contribution is -0.121. The summed E-state index contributed by atoms with van der Waals surface area (Å²) < 4.78 is 0. The molecule has 1 saturated carbocycles. The molecule has 1 aliphatic carbocycles. The molecule has 1 aliphatic rings. The number of carbonyl (C=O) groups excluding carboxylic acids is 1. The topological polar surface area (TPSA) is 61.4 Å². The van der Waals surface area contributed by atoms with Gasteiger partial charge in [0, 0.05) is 25.6 Å². The third kappa shape index (κ3) is 6.39. The number of hydrogen-bond acceptors (Lipinski definition) is 3. The fourth-order valence-electron chi connectivity index (χ4n) is 2.49. The quantitative estimate of drug-likeness (QED) is 0.645. The van der Waals surface area contributed by atoms with Crippen LogP contribution in [0.2, 0.25) is 0 Å². The fraction of sp³-hybridized carbons (Fsp3) is 0.933. The summed E-state index contributed by atoms with van der Waals surface area (Å²) >= 11 is 0. The molecule has 0 bridgehead atoms. The Morgan fingerprint density at radius 2 is 1.79 bits per heavy atom. The standard InChI is InChI=1S/C15H30N2O2/c1-12(2)17-13(18)5-10-16-11-15(19)8-6-14(3,4)7-9-15/h12,16,19H,5-11H2,1-4H3,(H,17,18). The third-order valence-electron chi connectivity index (χ3n) is 3.97. The summed E-state index contributed by atoms with van der Waals surface area (Å²) in [5.41, 5.74) is -0.215. The zero-order chi connectivity index (χ0) is 14.5. The summed E-state index contributed by atoms with van der Waals surface area (Å²) in [6.07, 6.45) is 4.31. The minimum Gasteiger partial charge on any atom is -0.389 e. The second-order valence-electron chi connectivity index (χ2n) is 7.04. The zero-order valence-corrected chi connectivity index (χ0v) is 12.9. The Morgan fingerprint density at radius 3 is 2.32 bits per heavy atom. The summed E-state index contributed by atoms with van der Waals surface area (Å²) in [6, 6.07) is 0.192. The maximum Gasteiger partial charge on any atom is 0.221 e. The molecule has 1 amide bonds. The number of nitrogens with one attached hydrogen (secondary N) is 2. The molecule has 1 rings (SSSR count). The van der Waals surface area contributed by atoms with Gasteiger partial charge in [-0.05, 0) is 44.9 Å². The van der Waals surface area contributed by atoms with Crippen LogP contribution in [0.15, 0.2) is 0 Å². The highest BCUT2D eigenvalue weighted by atomic mass is 16.3. The van der Waals surface area contributed by atoms with Crippen molar-refractivity contribution in [2.24, 2.45) is 5.41 Å². The van der Waals surface area contributed by atoms with Crippen LogP contribution < -0.4 is 10.6 Å². The normalized spacial score (nSPS) is 21.4. The van der Waals surface area contributed by atoms with Gasteiger partial charge in [0.05, 0.1) is 5.60 Å². The Labute approximate surface area is 117 Å². The molecule has 1 fully saturated rings. The fourth-order valence-corrected chi connectivity index (χ4v) is 2.49. The van der Waals surface area contributed by atoms with Crippen LogP contribution in [-0.4, -0.2) is 35.7 Å². The van der Waals surface area contributed by atoms with Crippen molar-refractivity contribution in [2.75, 3.05) is 13.1 Å². The molecule has 0 aliphatic heterocycles. The van der Waals surface area contributed by atoms with E-state index in [1.54, 1.807) is 0 Å². The predicted molar refractivity (Wildman–Crippen MR) is 78.0 cm³/mol. The van der Waals surface area contributed by atoms with Gasteiger partial charge in [-0.1, -0.05) is 13.8 Å². The summed E-state index contributed by atoms with van der Waals surface area (Å²) in [6.45, 7) is 9.66. The summed E-state index contributed by atoms with van der Waals surface area (Å²) in [7, 11) is 0. The number of amides is 1. The number of carbonyl (C=O) groups is 1. The molecular weight excluding hydrogens is 240 g/mol. The minimum atomic E-state index is -0.579. The Bertz CT molecular complexity index is 291. The number of aliphatic hydroxyl groups is 1. The van der Waals surface area contributed by atoms with Crippen molar-refractivity contribution in [1.29, 1.82) is 0 Å². The van der Waals surface area contributed by atoms with Crippen molar-refractivity contribution in [3.63, 3.8) is 0 Å². The first-order valence-electron chi connectivity index (χ1n) is 7.45. The van der Waals surface area contributed by atoms with Crippen LogP contribution in [0.1, 0.15) is 59.8 Å². The largest absolute Gasteiger partial charge is 0.389 e. The van der Waals surface area contributed by atoms with Crippen LogP contribution in [0.5, 0.6) is 0 Å². The van der Waals surface area contributed by atoms with E-state index in [1.165, 1.54) is 0 Å². The van der Waals surface area contributed by atoms with Gasteiger partial charge in [-0.15, -0.1) is 0 Å². The molecule has 0 atom stereocenters. The molecule has 0 saturated heterocycles. The van der Waals surface area contributed by atoms with Gasteiger partial charge in [-0.2, -0.15) is 0 Å². The number of rotatable bonds is 6. The highest BCUT2D eigenvalue weighted by molar-refractivity contribution is 5.76. The molecular formula is C15H30N2O2. The SMILES string of the molecule is CC(C)NC(=O)CCNCC1(O)CCC(C)(C)CC1. The van der Waals surface area contributed by atoms with Gasteiger partial charge in [0.15, 0.2) is 0 Å². The van der Waals surface area contributed by atoms with Crippen molar-refractivity contribution in [3.8, 4) is 0 Å². The minimum absolute atomic E-state index is 0.0688. The van der Waals surface area contributed by atoms with Gasteiger partial charge in [-0.3, -0.25) is 4.79 Å². The highest BCUT2D eigenvalue weighted by Crippen LogP contribution is 2.39. The predicted octanol–water partition coefficient (Wildman–Crippen LogP) is 1.82. The van der Waals surface area contributed by atoms with Crippen LogP contribution in [0, 0.1) is 5.41 Å². The first-order valence-corrected chi connectivity index (χ1v) is 7.45. The zero-order valence-electron chi connectivity index (χ0n) is 12.9. The first kappa shape index (κ1) is 16.4. The van der Waals surface area contributed by atoms with Gasteiger partial charge < -0.3 is 15.7 Å². The average molecular weight is 270 g/mol. The van der Waals surface area contributed by atoms with Gasteiger partial charge >= 0.3 is 0 Å². The molecule has 4 nitrogen and oxygen atoms in total. The Hall–Kier alpha value is -0.610. The van der Waals surface area contributed by atoms with E-state index in [0.29, 0.717) is 24.9 Å². The van der Waals surface area contributed by atoms with E-state index in [-0.39, 0.29) is 11.9 Å². The van der Waals surface area contributed by atoms with E-state index < -0.39 is 5.60 Å². The van der Waals surface area contributed by atoms with Crippen molar-refractivity contribution < 1.29 is 9.90 Å². The lowest BCUT2D eigenvalue weighted by Crippen LogP contribution is -2.45. The molecule has 3 N–H and O–H groups in total. The van der Waals surface area contributed by atoms with Crippen LogP contribution >= 0.6 is 0 Å². The van der Waals surface area contributed by atoms with Crippen molar-refractivity contribution in [2.45, 2.75) is 71.4 Å².